The maximum absolute atomic E-state index is 4.43. The lowest BCUT2D eigenvalue weighted by atomic mass is 9.68. The summed E-state index contributed by atoms with van der Waals surface area (Å²) in [6.07, 6.45) is 6.83. The number of likely N-dealkylation sites (tertiary alicyclic amines) is 1. The van der Waals surface area contributed by atoms with Crippen molar-refractivity contribution < 1.29 is 0 Å². The van der Waals surface area contributed by atoms with Gasteiger partial charge in [-0.05, 0) is 51.7 Å². The number of nitrogens with one attached hydrogen (secondary N) is 1. The first-order valence-electron chi connectivity index (χ1n) is 7.26. The van der Waals surface area contributed by atoms with Crippen LogP contribution in [0, 0.1) is 5.41 Å². The predicted octanol–water partition coefficient (Wildman–Crippen LogP) is 2.01. The second-order valence-corrected chi connectivity index (χ2v) is 6.16. The van der Waals surface area contributed by atoms with E-state index in [1.54, 1.807) is 0 Å². The molecular weight excluding hydrogens is 351 g/mol. The molecule has 4 nitrogen and oxygen atoms in total. The van der Waals surface area contributed by atoms with Gasteiger partial charge in [-0.2, -0.15) is 0 Å². The van der Waals surface area contributed by atoms with Crippen LogP contribution in [0.4, 0.5) is 0 Å². The molecule has 1 N–H and O–H groups in total. The largest absolute Gasteiger partial charge is 0.356 e. The van der Waals surface area contributed by atoms with Crippen LogP contribution < -0.4 is 5.32 Å². The third kappa shape index (κ3) is 4.48. The van der Waals surface area contributed by atoms with Crippen LogP contribution in [0.15, 0.2) is 4.99 Å². The second-order valence-electron chi connectivity index (χ2n) is 6.16. The van der Waals surface area contributed by atoms with Gasteiger partial charge >= 0.3 is 0 Å². The number of hydrogen-bond donors (Lipinski definition) is 1. The molecule has 1 saturated carbocycles. The van der Waals surface area contributed by atoms with Crippen LogP contribution in [0.3, 0.4) is 0 Å². The summed E-state index contributed by atoms with van der Waals surface area (Å²) in [6, 6.07) is 0. The number of nitrogens with zero attached hydrogens (tertiary/aromatic N) is 3. The SMILES string of the molecule is CN=C(NCCCN(C)C)N1CCC2(CCC2)C1.I. The van der Waals surface area contributed by atoms with E-state index < -0.39 is 0 Å². The van der Waals surface area contributed by atoms with Gasteiger partial charge in [0, 0.05) is 26.7 Å². The highest BCUT2D eigenvalue weighted by atomic mass is 127. The molecule has 1 aliphatic carbocycles. The van der Waals surface area contributed by atoms with E-state index in [0.717, 1.165) is 19.0 Å². The van der Waals surface area contributed by atoms with E-state index in [-0.39, 0.29) is 24.0 Å². The zero-order chi connectivity index (χ0) is 13.0. The van der Waals surface area contributed by atoms with E-state index in [9.17, 15) is 0 Å². The molecule has 2 aliphatic rings. The van der Waals surface area contributed by atoms with Crippen molar-refractivity contribution in [2.45, 2.75) is 32.1 Å². The Labute approximate surface area is 135 Å². The molecule has 0 atom stereocenters. The fourth-order valence-corrected chi connectivity index (χ4v) is 3.13. The zero-order valence-electron chi connectivity index (χ0n) is 12.6. The fourth-order valence-electron chi connectivity index (χ4n) is 3.13. The Balaban J connectivity index is 0.00000180. The highest BCUT2D eigenvalue weighted by molar-refractivity contribution is 14.0. The first-order valence-corrected chi connectivity index (χ1v) is 7.26. The lowest BCUT2D eigenvalue weighted by Gasteiger charge is -2.38. The van der Waals surface area contributed by atoms with Crippen LogP contribution in [0.2, 0.25) is 0 Å². The maximum Gasteiger partial charge on any atom is 0.193 e. The second kappa shape index (κ2) is 7.67. The molecule has 19 heavy (non-hydrogen) atoms. The molecule has 2 fully saturated rings. The summed E-state index contributed by atoms with van der Waals surface area (Å²) in [7, 11) is 6.14. The smallest absolute Gasteiger partial charge is 0.193 e. The molecule has 0 aromatic rings. The normalized spacial score (nSPS) is 21.5. The Kier molecular flexibility index (Phi) is 6.86. The minimum Gasteiger partial charge on any atom is -0.356 e. The van der Waals surface area contributed by atoms with Gasteiger partial charge in [-0.25, -0.2) is 0 Å². The molecule has 0 aromatic carbocycles. The van der Waals surface area contributed by atoms with Crippen LogP contribution in [0.25, 0.3) is 0 Å². The summed E-state index contributed by atoms with van der Waals surface area (Å²) < 4.78 is 0. The fraction of sp³-hybridized carbons (Fsp3) is 0.929. The first-order chi connectivity index (χ1) is 8.65. The van der Waals surface area contributed by atoms with Gasteiger partial charge in [0.25, 0.3) is 0 Å². The Morgan fingerprint density at radius 1 is 1.32 bits per heavy atom. The third-order valence-corrected chi connectivity index (χ3v) is 4.43. The van der Waals surface area contributed by atoms with Crippen molar-refractivity contribution in [3.8, 4) is 0 Å². The van der Waals surface area contributed by atoms with E-state index in [0.29, 0.717) is 5.41 Å². The van der Waals surface area contributed by atoms with E-state index >= 15 is 0 Å². The van der Waals surface area contributed by atoms with Gasteiger partial charge in [0.15, 0.2) is 5.96 Å². The highest BCUT2D eigenvalue weighted by Crippen LogP contribution is 2.47. The summed E-state index contributed by atoms with van der Waals surface area (Å²) in [5.41, 5.74) is 0.654. The van der Waals surface area contributed by atoms with Crippen molar-refractivity contribution in [2.75, 3.05) is 47.3 Å². The van der Waals surface area contributed by atoms with Crippen molar-refractivity contribution in [3.63, 3.8) is 0 Å². The van der Waals surface area contributed by atoms with Crippen molar-refractivity contribution in [1.82, 2.24) is 15.1 Å². The lowest BCUT2D eigenvalue weighted by molar-refractivity contribution is 0.151. The molecule has 0 amide bonds. The minimum atomic E-state index is 0. The number of hydrogen-bond acceptors (Lipinski definition) is 2. The topological polar surface area (TPSA) is 30.9 Å². The van der Waals surface area contributed by atoms with Crippen LogP contribution in [-0.2, 0) is 0 Å². The molecule has 0 bridgehead atoms. The quantitative estimate of drug-likeness (QED) is 0.350. The van der Waals surface area contributed by atoms with Crippen molar-refractivity contribution >= 4 is 29.9 Å². The molecule has 5 heteroatoms. The van der Waals surface area contributed by atoms with Crippen molar-refractivity contribution in [1.29, 1.82) is 0 Å². The molecule has 112 valence electrons. The summed E-state index contributed by atoms with van der Waals surface area (Å²) in [6.45, 7) is 4.57. The minimum absolute atomic E-state index is 0. The molecule has 0 radical (unpaired) electrons. The lowest BCUT2D eigenvalue weighted by Crippen LogP contribution is -2.43. The van der Waals surface area contributed by atoms with E-state index in [4.69, 9.17) is 0 Å². The zero-order valence-corrected chi connectivity index (χ0v) is 14.9. The van der Waals surface area contributed by atoms with Crippen LogP contribution >= 0.6 is 24.0 Å². The van der Waals surface area contributed by atoms with E-state index in [2.05, 4.69) is 34.2 Å². The molecule has 0 aromatic heterocycles. The number of rotatable bonds is 4. The van der Waals surface area contributed by atoms with Crippen LogP contribution in [-0.4, -0.2) is 63.1 Å². The summed E-state index contributed by atoms with van der Waals surface area (Å²) in [4.78, 5) is 9.11. The van der Waals surface area contributed by atoms with Crippen molar-refractivity contribution in [3.05, 3.63) is 0 Å². The van der Waals surface area contributed by atoms with E-state index in [1.165, 1.54) is 45.2 Å². The first kappa shape index (κ1) is 17.0. The standard InChI is InChI=1S/C14H28N4.HI/c1-15-13(16-9-5-10-17(2)3)18-11-8-14(12-18)6-4-7-14;/h4-12H2,1-3H3,(H,15,16);1H. The molecule has 1 heterocycles. The van der Waals surface area contributed by atoms with Gasteiger partial charge in [-0.3, -0.25) is 4.99 Å². The molecule has 1 spiro atoms. The molecule has 0 unspecified atom stereocenters. The van der Waals surface area contributed by atoms with Gasteiger partial charge in [-0.15, -0.1) is 24.0 Å². The number of guanidine groups is 1. The van der Waals surface area contributed by atoms with Gasteiger partial charge in [0.2, 0.25) is 0 Å². The average molecular weight is 380 g/mol. The van der Waals surface area contributed by atoms with E-state index in [1.807, 2.05) is 7.05 Å². The van der Waals surface area contributed by atoms with Gasteiger partial charge < -0.3 is 15.1 Å². The monoisotopic (exact) mass is 380 g/mol. The molecule has 1 aliphatic heterocycles. The summed E-state index contributed by atoms with van der Waals surface area (Å²) >= 11 is 0. The Morgan fingerprint density at radius 3 is 2.53 bits per heavy atom. The van der Waals surface area contributed by atoms with Crippen LogP contribution in [0.1, 0.15) is 32.1 Å². The molecule has 2 rings (SSSR count). The summed E-state index contributed by atoms with van der Waals surface area (Å²) in [5.74, 6) is 1.11. The predicted molar refractivity (Wildman–Crippen MR) is 92.4 cm³/mol. The summed E-state index contributed by atoms with van der Waals surface area (Å²) in [5, 5.41) is 3.50. The Bertz CT molecular complexity index is 300. The third-order valence-electron chi connectivity index (χ3n) is 4.43. The number of halogens is 1. The van der Waals surface area contributed by atoms with Gasteiger partial charge in [0.05, 0.1) is 0 Å². The Hall–Kier alpha value is -0.0400. The Morgan fingerprint density at radius 2 is 2.05 bits per heavy atom. The highest BCUT2D eigenvalue weighted by Gasteiger charge is 2.43. The van der Waals surface area contributed by atoms with Gasteiger partial charge in [-0.1, -0.05) is 6.42 Å². The average Bonchev–Trinajstić information content (AvgIpc) is 2.73. The molecule has 1 saturated heterocycles. The van der Waals surface area contributed by atoms with Crippen molar-refractivity contribution in [2.24, 2.45) is 10.4 Å². The van der Waals surface area contributed by atoms with Crippen LogP contribution in [0.5, 0.6) is 0 Å². The number of aliphatic imine (C=N–C) groups is 1. The molecular formula is C14H29IN4. The maximum atomic E-state index is 4.43. The van der Waals surface area contributed by atoms with Gasteiger partial charge in [0.1, 0.15) is 0 Å².